The van der Waals surface area contributed by atoms with Gasteiger partial charge in [-0.1, -0.05) is 19.1 Å². The first kappa shape index (κ1) is 14.0. The lowest BCUT2D eigenvalue weighted by molar-refractivity contribution is -0.0352. The number of likely N-dealkylation sites (tertiary alicyclic amines) is 1. The van der Waals surface area contributed by atoms with E-state index < -0.39 is 11.6 Å². The zero-order valence-corrected chi connectivity index (χ0v) is 11.3. The minimum Gasteiger partial charge on any atom is -0.476 e. The highest BCUT2D eigenvalue weighted by atomic mass is 16.4. The normalized spacial score (nSPS) is 17.4. The van der Waals surface area contributed by atoms with Gasteiger partial charge in [-0.15, -0.1) is 5.10 Å². The highest BCUT2D eigenvalue weighted by molar-refractivity contribution is 5.84. The van der Waals surface area contributed by atoms with Gasteiger partial charge in [0.1, 0.15) is 0 Å². The highest BCUT2D eigenvalue weighted by Gasteiger charge is 2.35. The van der Waals surface area contributed by atoms with Gasteiger partial charge >= 0.3 is 5.97 Å². The van der Waals surface area contributed by atoms with Crippen LogP contribution in [0.2, 0.25) is 0 Å². The Labute approximate surface area is 111 Å². The molecule has 106 valence electrons. The first-order valence-corrected chi connectivity index (χ1v) is 6.57. The van der Waals surface area contributed by atoms with E-state index in [2.05, 4.69) is 15.2 Å². The van der Waals surface area contributed by atoms with Crippen molar-refractivity contribution in [2.45, 2.75) is 38.3 Å². The zero-order chi connectivity index (χ0) is 14.0. The second-order valence-electron chi connectivity index (χ2n) is 5.17. The molecule has 1 fully saturated rings. The molecule has 2 rings (SSSR count). The quantitative estimate of drug-likeness (QED) is 0.775. The van der Waals surface area contributed by atoms with Gasteiger partial charge in [0.2, 0.25) is 0 Å². The summed E-state index contributed by atoms with van der Waals surface area (Å²) < 4.78 is 1.59. The Morgan fingerprint density at radius 2 is 2.11 bits per heavy atom. The van der Waals surface area contributed by atoms with Crippen LogP contribution in [0, 0.1) is 0 Å². The molecule has 0 aromatic carbocycles. The molecular weight excluding hydrogens is 248 g/mol. The summed E-state index contributed by atoms with van der Waals surface area (Å²) in [4.78, 5) is 12.9. The molecule has 0 amide bonds. The van der Waals surface area contributed by atoms with Crippen molar-refractivity contribution in [1.82, 2.24) is 19.9 Å². The minimum atomic E-state index is -1.06. The Hall–Kier alpha value is -1.47. The molecule has 2 N–H and O–H groups in total. The number of aromatic carboxylic acids is 1. The van der Waals surface area contributed by atoms with E-state index in [-0.39, 0.29) is 11.7 Å². The molecule has 1 aliphatic rings. The molecule has 1 aromatic heterocycles. The zero-order valence-electron chi connectivity index (χ0n) is 11.3. The number of rotatable bonds is 6. The molecule has 0 radical (unpaired) electrons. The summed E-state index contributed by atoms with van der Waals surface area (Å²) >= 11 is 0. The van der Waals surface area contributed by atoms with E-state index in [1.165, 1.54) is 6.20 Å². The van der Waals surface area contributed by atoms with Crippen molar-refractivity contribution in [3.05, 3.63) is 11.9 Å². The van der Waals surface area contributed by atoms with Crippen LogP contribution in [-0.4, -0.2) is 61.3 Å². The molecule has 7 nitrogen and oxygen atoms in total. The fraction of sp³-hybridized carbons (Fsp3) is 0.750. The lowest BCUT2D eigenvalue weighted by Crippen LogP contribution is -2.54. The van der Waals surface area contributed by atoms with E-state index in [1.54, 1.807) is 4.68 Å². The average molecular weight is 268 g/mol. The molecule has 0 bridgehead atoms. The largest absolute Gasteiger partial charge is 0.476 e. The second kappa shape index (κ2) is 5.26. The van der Waals surface area contributed by atoms with Crippen LogP contribution in [-0.2, 0) is 0 Å². The van der Waals surface area contributed by atoms with Crippen LogP contribution < -0.4 is 0 Å². The van der Waals surface area contributed by atoms with Crippen molar-refractivity contribution in [2.75, 3.05) is 19.6 Å². The van der Waals surface area contributed by atoms with E-state index in [0.717, 1.165) is 25.9 Å². The van der Waals surface area contributed by atoms with Crippen molar-refractivity contribution >= 4 is 5.97 Å². The van der Waals surface area contributed by atoms with Crippen molar-refractivity contribution in [1.29, 1.82) is 0 Å². The van der Waals surface area contributed by atoms with Crippen molar-refractivity contribution in [2.24, 2.45) is 0 Å². The topological polar surface area (TPSA) is 91.5 Å². The number of aliphatic hydroxyl groups is 1. The molecule has 0 saturated carbocycles. The summed E-state index contributed by atoms with van der Waals surface area (Å²) in [6.07, 6.45) is 2.92. The molecule has 7 heteroatoms. The van der Waals surface area contributed by atoms with Crippen molar-refractivity contribution in [3.8, 4) is 0 Å². The number of carbonyl (C=O) groups is 1. The predicted molar refractivity (Wildman–Crippen MR) is 68.0 cm³/mol. The second-order valence-corrected chi connectivity index (χ2v) is 5.17. The number of nitrogens with zero attached hydrogens (tertiary/aromatic N) is 4. The Morgan fingerprint density at radius 1 is 1.47 bits per heavy atom. The molecule has 2 heterocycles. The minimum absolute atomic E-state index is 0.0305. The van der Waals surface area contributed by atoms with E-state index in [1.807, 2.05) is 13.8 Å². The lowest BCUT2D eigenvalue weighted by Gasteiger charge is -2.43. The SMILES string of the molecule is CCC(O)(CC)CN1CC(n2cc(C(=O)O)nn2)C1. The van der Waals surface area contributed by atoms with E-state index in [9.17, 15) is 9.90 Å². The van der Waals surface area contributed by atoms with Crippen LogP contribution in [0.3, 0.4) is 0 Å². The average Bonchev–Trinajstić information content (AvgIpc) is 2.82. The van der Waals surface area contributed by atoms with Gasteiger partial charge in [0.25, 0.3) is 0 Å². The number of hydrogen-bond donors (Lipinski definition) is 2. The summed E-state index contributed by atoms with van der Waals surface area (Å²) in [5.41, 5.74) is -0.656. The van der Waals surface area contributed by atoms with Crippen LogP contribution in [0.5, 0.6) is 0 Å². The highest BCUT2D eigenvalue weighted by Crippen LogP contribution is 2.25. The smallest absolute Gasteiger partial charge is 0.358 e. The molecule has 0 spiro atoms. The Kier molecular flexibility index (Phi) is 3.86. The third-order valence-electron chi connectivity index (χ3n) is 3.88. The van der Waals surface area contributed by atoms with Crippen LogP contribution in [0.15, 0.2) is 6.20 Å². The van der Waals surface area contributed by atoms with Gasteiger partial charge < -0.3 is 10.2 Å². The molecular formula is C12H20N4O3. The summed E-state index contributed by atoms with van der Waals surface area (Å²) in [7, 11) is 0. The first-order valence-electron chi connectivity index (χ1n) is 6.57. The first-order chi connectivity index (χ1) is 8.97. The van der Waals surface area contributed by atoms with Gasteiger partial charge in [0.05, 0.1) is 17.8 Å². The van der Waals surface area contributed by atoms with E-state index in [0.29, 0.717) is 6.54 Å². The van der Waals surface area contributed by atoms with Crippen molar-refractivity contribution in [3.63, 3.8) is 0 Å². The molecule has 1 aromatic rings. The maximum atomic E-state index is 10.7. The summed E-state index contributed by atoms with van der Waals surface area (Å²) in [5, 5.41) is 26.4. The molecule has 1 saturated heterocycles. The maximum Gasteiger partial charge on any atom is 0.358 e. The monoisotopic (exact) mass is 268 g/mol. The lowest BCUT2D eigenvalue weighted by atomic mass is 9.94. The molecule has 1 aliphatic heterocycles. The number of hydrogen-bond acceptors (Lipinski definition) is 5. The van der Waals surface area contributed by atoms with Crippen LogP contribution >= 0.6 is 0 Å². The van der Waals surface area contributed by atoms with Gasteiger partial charge in [0.15, 0.2) is 5.69 Å². The van der Waals surface area contributed by atoms with Crippen molar-refractivity contribution < 1.29 is 15.0 Å². The summed E-state index contributed by atoms with van der Waals surface area (Å²) in [6.45, 7) is 6.15. The molecule has 19 heavy (non-hydrogen) atoms. The Morgan fingerprint density at radius 3 is 2.58 bits per heavy atom. The van der Waals surface area contributed by atoms with Crippen LogP contribution in [0.25, 0.3) is 0 Å². The van der Waals surface area contributed by atoms with Gasteiger partial charge in [0, 0.05) is 19.6 Å². The number of carboxylic acids is 1. The molecule has 0 aliphatic carbocycles. The maximum absolute atomic E-state index is 10.7. The number of carboxylic acid groups (broad SMARTS) is 1. The number of aromatic nitrogens is 3. The Bertz CT molecular complexity index is 450. The Balaban J connectivity index is 1.87. The van der Waals surface area contributed by atoms with Gasteiger partial charge in [-0.25, -0.2) is 9.48 Å². The van der Waals surface area contributed by atoms with Crippen LogP contribution in [0.1, 0.15) is 43.2 Å². The van der Waals surface area contributed by atoms with Crippen LogP contribution in [0.4, 0.5) is 0 Å². The summed E-state index contributed by atoms with van der Waals surface area (Å²) in [6, 6.07) is 0.151. The van der Waals surface area contributed by atoms with Gasteiger partial charge in [-0.3, -0.25) is 4.90 Å². The third-order valence-corrected chi connectivity index (χ3v) is 3.88. The van der Waals surface area contributed by atoms with E-state index >= 15 is 0 Å². The molecule has 0 atom stereocenters. The standard InChI is InChI=1S/C12H20N4O3/c1-3-12(19,4-2)8-15-5-9(6-15)16-7-10(11(17)18)13-14-16/h7,9,19H,3-6,8H2,1-2H3,(H,17,18). The fourth-order valence-corrected chi connectivity index (χ4v) is 2.28. The third kappa shape index (κ3) is 2.93. The van der Waals surface area contributed by atoms with Gasteiger partial charge in [-0.2, -0.15) is 0 Å². The van der Waals surface area contributed by atoms with Gasteiger partial charge in [-0.05, 0) is 12.8 Å². The molecule has 0 unspecified atom stereocenters. The fourth-order valence-electron chi connectivity index (χ4n) is 2.28. The predicted octanol–water partition coefficient (Wildman–Crippen LogP) is 0.384. The summed E-state index contributed by atoms with van der Waals surface area (Å²) in [5.74, 6) is -1.06. The number of β-amino-alcohol motifs (C(OH)–C–C–N with tert-alkyl or cyclic N) is 1. The van der Waals surface area contributed by atoms with E-state index in [4.69, 9.17) is 5.11 Å².